The number of anilines is 1. The fourth-order valence-electron chi connectivity index (χ4n) is 1.84. The molecule has 1 aromatic carbocycles. The summed E-state index contributed by atoms with van der Waals surface area (Å²) in [7, 11) is 0. The van der Waals surface area contributed by atoms with E-state index in [4.69, 9.17) is 5.73 Å². The highest BCUT2D eigenvalue weighted by Gasteiger charge is 2.27. The Morgan fingerprint density at radius 1 is 1.20 bits per heavy atom. The molecule has 0 radical (unpaired) electrons. The summed E-state index contributed by atoms with van der Waals surface area (Å²) in [6.45, 7) is 5.88. The monoisotopic (exact) mass is 288 g/mol. The smallest absolute Gasteiger partial charge is 0.241 e. The summed E-state index contributed by atoms with van der Waals surface area (Å²) in [5.74, 6) is -0.151. The molecule has 0 saturated carbocycles. The van der Waals surface area contributed by atoms with E-state index >= 15 is 0 Å². The molecule has 1 aromatic heterocycles. The van der Waals surface area contributed by atoms with Gasteiger partial charge in [0.2, 0.25) is 5.91 Å². The van der Waals surface area contributed by atoms with Crippen molar-refractivity contribution in [3.63, 3.8) is 0 Å². The minimum atomic E-state index is -0.543. The van der Waals surface area contributed by atoms with Crippen LogP contribution in [0.25, 0.3) is 10.4 Å². The van der Waals surface area contributed by atoms with Gasteiger partial charge in [0, 0.05) is 16.1 Å². The van der Waals surface area contributed by atoms with Crippen molar-refractivity contribution in [1.29, 1.82) is 0 Å². The summed E-state index contributed by atoms with van der Waals surface area (Å²) in [4.78, 5) is 13.4. The van der Waals surface area contributed by atoms with Crippen LogP contribution >= 0.6 is 11.3 Å². The summed E-state index contributed by atoms with van der Waals surface area (Å²) in [6, 6.07) is 11.3. The maximum Gasteiger partial charge on any atom is 0.241 e. The first-order chi connectivity index (χ1) is 9.39. The van der Waals surface area contributed by atoms with Crippen LogP contribution in [0.4, 0.5) is 5.69 Å². The molecule has 3 N–H and O–H groups in total. The third kappa shape index (κ3) is 3.26. The van der Waals surface area contributed by atoms with Crippen molar-refractivity contribution in [3.8, 4) is 10.4 Å². The van der Waals surface area contributed by atoms with Crippen molar-refractivity contribution in [1.82, 2.24) is 0 Å². The number of hydrogen-bond acceptors (Lipinski definition) is 3. The second-order valence-electron chi connectivity index (χ2n) is 5.86. The van der Waals surface area contributed by atoms with Gasteiger partial charge in [0.1, 0.15) is 0 Å². The molecule has 1 heterocycles. The van der Waals surface area contributed by atoms with E-state index in [1.165, 1.54) is 0 Å². The first-order valence-corrected chi connectivity index (χ1v) is 7.47. The lowest BCUT2D eigenvalue weighted by Crippen LogP contribution is -2.45. The molecule has 20 heavy (non-hydrogen) atoms. The zero-order valence-electron chi connectivity index (χ0n) is 12.0. The molecular formula is C16H20N2OS. The van der Waals surface area contributed by atoms with Crippen LogP contribution in [0.5, 0.6) is 0 Å². The number of amides is 1. The zero-order chi connectivity index (χ0) is 14.8. The molecule has 106 valence electrons. The molecule has 0 saturated heterocycles. The quantitative estimate of drug-likeness (QED) is 0.904. The van der Waals surface area contributed by atoms with Crippen molar-refractivity contribution in [3.05, 3.63) is 41.8 Å². The molecule has 0 aliphatic carbocycles. The van der Waals surface area contributed by atoms with E-state index in [0.29, 0.717) is 0 Å². The topological polar surface area (TPSA) is 55.1 Å². The van der Waals surface area contributed by atoms with Gasteiger partial charge in [-0.3, -0.25) is 4.79 Å². The van der Waals surface area contributed by atoms with E-state index in [0.717, 1.165) is 16.1 Å². The first-order valence-electron chi connectivity index (χ1n) is 6.59. The Hall–Kier alpha value is -1.65. The first kappa shape index (κ1) is 14.8. The van der Waals surface area contributed by atoms with E-state index in [1.54, 1.807) is 11.3 Å². The van der Waals surface area contributed by atoms with Crippen LogP contribution in [0, 0.1) is 5.41 Å². The number of hydrogen-bond donors (Lipinski definition) is 2. The van der Waals surface area contributed by atoms with Crippen LogP contribution in [0.3, 0.4) is 0 Å². The highest BCUT2D eigenvalue weighted by molar-refractivity contribution is 7.13. The molecule has 1 atom stereocenters. The Morgan fingerprint density at radius 2 is 1.90 bits per heavy atom. The van der Waals surface area contributed by atoms with Gasteiger partial charge in [-0.1, -0.05) is 45.0 Å². The number of thiophene rings is 1. The summed E-state index contributed by atoms with van der Waals surface area (Å²) >= 11 is 1.65. The van der Waals surface area contributed by atoms with E-state index in [1.807, 2.05) is 62.5 Å². The van der Waals surface area contributed by atoms with Gasteiger partial charge in [-0.25, -0.2) is 0 Å². The fourth-order valence-corrected chi connectivity index (χ4v) is 2.61. The number of rotatable bonds is 3. The second-order valence-corrected chi connectivity index (χ2v) is 6.80. The van der Waals surface area contributed by atoms with Gasteiger partial charge in [0.15, 0.2) is 0 Å². The lowest BCUT2D eigenvalue weighted by Gasteiger charge is -2.26. The van der Waals surface area contributed by atoms with Gasteiger partial charge in [-0.05, 0) is 22.9 Å². The zero-order valence-corrected chi connectivity index (χ0v) is 12.8. The maximum absolute atomic E-state index is 12.2. The average Bonchev–Trinajstić information content (AvgIpc) is 2.91. The minimum absolute atomic E-state index is 0.151. The summed E-state index contributed by atoms with van der Waals surface area (Å²) in [5.41, 5.74) is 7.57. The van der Waals surface area contributed by atoms with Crippen LogP contribution in [-0.4, -0.2) is 11.9 Å². The Morgan fingerprint density at radius 3 is 2.50 bits per heavy atom. The summed E-state index contributed by atoms with van der Waals surface area (Å²) < 4.78 is 0. The van der Waals surface area contributed by atoms with Crippen molar-refractivity contribution in [2.24, 2.45) is 11.1 Å². The molecular weight excluding hydrogens is 268 g/mol. The number of carbonyl (C=O) groups excluding carboxylic acids is 1. The van der Waals surface area contributed by atoms with Gasteiger partial charge in [-0.2, -0.15) is 0 Å². The molecule has 0 aliphatic heterocycles. The summed E-state index contributed by atoms with van der Waals surface area (Å²) in [5, 5.41) is 4.97. The second kappa shape index (κ2) is 5.77. The molecule has 4 heteroatoms. The van der Waals surface area contributed by atoms with Gasteiger partial charge < -0.3 is 11.1 Å². The Kier molecular flexibility index (Phi) is 4.26. The van der Waals surface area contributed by atoms with Crippen LogP contribution in [0.2, 0.25) is 0 Å². The number of para-hydroxylation sites is 1. The van der Waals surface area contributed by atoms with E-state index in [-0.39, 0.29) is 11.3 Å². The molecule has 1 amide bonds. The third-order valence-corrected chi connectivity index (χ3v) is 4.09. The number of nitrogens with one attached hydrogen (secondary N) is 1. The molecule has 0 aliphatic rings. The van der Waals surface area contributed by atoms with Crippen molar-refractivity contribution in [2.75, 3.05) is 5.32 Å². The molecule has 0 fully saturated rings. The normalized spacial score (nSPS) is 13.0. The van der Waals surface area contributed by atoms with Crippen LogP contribution in [-0.2, 0) is 4.79 Å². The van der Waals surface area contributed by atoms with Crippen LogP contribution in [0.15, 0.2) is 41.8 Å². The van der Waals surface area contributed by atoms with Crippen molar-refractivity contribution < 1.29 is 4.79 Å². The predicted octanol–water partition coefficient (Wildman–Crippen LogP) is 3.73. The standard InChI is InChI=1S/C16H20N2OS/c1-16(2,3)14(17)15(19)18-12-8-5-4-7-11(12)13-9-6-10-20-13/h4-10,14H,17H2,1-3H3,(H,18,19)/t14-/m1/s1. The Bertz CT molecular complexity index is 585. The average molecular weight is 288 g/mol. The van der Waals surface area contributed by atoms with E-state index < -0.39 is 6.04 Å². The predicted molar refractivity (Wildman–Crippen MR) is 85.8 cm³/mol. The van der Waals surface area contributed by atoms with Crippen LogP contribution < -0.4 is 11.1 Å². The molecule has 2 aromatic rings. The number of carbonyl (C=O) groups is 1. The maximum atomic E-state index is 12.2. The SMILES string of the molecule is CC(C)(C)[C@H](N)C(=O)Nc1ccccc1-c1cccs1. The van der Waals surface area contributed by atoms with E-state index in [2.05, 4.69) is 5.32 Å². The van der Waals surface area contributed by atoms with Gasteiger partial charge in [-0.15, -0.1) is 11.3 Å². The molecule has 0 unspecified atom stereocenters. The lowest BCUT2D eigenvalue weighted by atomic mass is 9.87. The van der Waals surface area contributed by atoms with Gasteiger partial charge >= 0.3 is 0 Å². The molecule has 0 bridgehead atoms. The number of nitrogens with two attached hydrogens (primary N) is 1. The molecule has 3 nitrogen and oxygen atoms in total. The largest absolute Gasteiger partial charge is 0.324 e. The highest BCUT2D eigenvalue weighted by atomic mass is 32.1. The highest BCUT2D eigenvalue weighted by Crippen LogP contribution is 2.31. The third-order valence-electron chi connectivity index (χ3n) is 3.19. The lowest BCUT2D eigenvalue weighted by molar-refractivity contribution is -0.119. The Balaban J connectivity index is 2.25. The minimum Gasteiger partial charge on any atom is -0.324 e. The van der Waals surface area contributed by atoms with Gasteiger partial charge in [0.25, 0.3) is 0 Å². The Labute approximate surface area is 123 Å². The molecule has 0 spiro atoms. The number of benzene rings is 1. The summed E-state index contributed by atoms with van der Waals surface area (Å²) in [6.07, 6.45) is 0. The van der Waals surface area contributed by atoms with E-state index in [9.17, 15) is 4.79 Å². The van der Waals surface area contributed by atoms with Crippen LogP contribution in [0.1, 0.15) is 20.8 Å². The van der Waals surface area contributed by atoms with Crippen molar-refractivity contribution in [2.45, 2.75) is 26.8 Å². The molecule has 2 rings (SSSR count). The van der Waals surface area contributed by atoms with Gasteiger partial charge in [0.05, 0.1) is 6.04 Å². The van der Waals surface area contributed by atoms with Crippen molar-refractivity contribution >= 4 is 22.9 Å². The fraction of sp³-hybridized carbons (Fsp3) is 0.312.